The van der Waals surface area contributed by atoms with Crippen LogP contribution in [0.4, 0.5) is 5.69 Å². The smallest absolute Gasteiger partial charge is 0.357 e. The van der Waals surface area contributed by atoms with Crippen LogP contribution in [-0.4, -0.2) is 34.6 Å². The molecule has 4 rings (SSSR count). The van der Waals surface area contributed by atoms with Crippen molar-refractivity contribution in [3.63, 3.8) is 0 Å². The second kappa shape index (κ2) is 4.84. The predicted octanol–water partition coefficient (Wildman–Crippen LogP) is 2.52. The third-order valence-corrected chi connectivity index (χ3v) is 3.82. The molecule has 0 bridgehead atoms. The fraction of sp³-hybridized carbons (Fsp3) is 0.0625. The number of aromatic nitrogens is 2. The third-order valence-electron chi connectivity index (χ3n) is 3.82. The fourth-order valence-corrected chi connectivity index (χ4v) is 2.73. The van der Waals surface area contributed by atoms with Gasteiger partial charge in [0.15, 0.2) is 5.69 Å². The first kappa shape index (κ1) is 13.3. The van der Waals surface area contributed by atoms with Gasteiger partial charge in [0, 0.05) is 10.9 Å². The standard InChI is InChI=1S/C16H11N4O3/c1-23-9-4-2-8(3-5-9)10-6-12-11(7-17-18-12)14-13(10)15(16(21)22)20-19-14/h2-7H,1H3,(H,19,20)(H,21,22). The van der Waals surface area contributed by atoms with Gasteiger partial charge in [0.25, 0.3) is 0 Å². The first-order valence-electron chi connectivity index (χ1n) is 6.86. The number of nitrogens with zero attached hydrogens (tertiary/aromatic N) is 3. The molecule has 0 atom stereocenters. The molecule has 7 heteroatoms. The van der Waals surface area contributed by atoms with E-state index in [9.17, 15) is 9.90 Å². The Hall–Kier alpha value is -3.35. The van der Waals surface area contributed by atoms with Crippen LogP contribution in [0.15, 0.2) is 35.4 Å². The maximum Gasteiger partial charge on any atom is 0.357 e. The lowest BCUT2D eigenvalue weighted by atomic mass is 9.96. The molecular weight excluding hydrogens is 296 g/mol. The van der Waals surface area contributed by atoms with E-state index in [1.54, 1.807) is 13.3 Å². The van der Waals surface area contributed by atoms with Gasteiger partial charge in [-0.05, 0) is 29.3 Å². The Morgan fingerprint density at radius 2 is 2.04 bits per heavy atom. The van der Waals surface area contributed by atoms with Crippen molar-refractivity contribution in [2.24, 2.45) is 5.10 Å². The summed E-state index contributed by atoms with van der Waals surface area (Å²) >= 11 is 0. The largest absolute Gasteiger partial charge is 0.497 e. The molecule has 2 N–H and O–H groups in total. The van der Waals surface area contributed by atoms with Gasteiger partial charge in [0.05, 0.1) is 24.5 Å². The number of nitrogens with one attached hydrogen (secondary N) is 1. The average molecular weight is 307 g/mol. The van der Waals surface area contributed by atoms with Crippen molar-refractivity contribution in [3.05, 3.63) is 41.6 Å². The Labute approximate surface area is 130 Å². The SMILES string of the molecule is COc1ccc(-c2cc3c(c4[nH]nc(C(=O)O)c24)C=N[N]3)cc1. The Balaban J connectivity index is 2.03. The van der Waals surface area contributed by atoms with E-state index in [1.165, 1.54) is 0 Å². The molecule has 23 heavy (non-hydrogen) atoms. The highest BCUT2D eigenvalue weighted by molar-refractivity contribution is 6.15. The number of aromatic carboxylic acids is 1. The molecule has 1 aliphatic heterocycles. The Bertz CT molecular complexity index is 958. The van der Waals surface area contributed by atoms with Gasteiger partial charge in [-0.1, -0.05) is 12.1 Å². The van der Waals surface area contributed by atoms with Gasteiger partial charge in [0.2, 0.25) is 0 Å². The van der Waals surface area contributed by atoms with Crippen LogP contribution in [0, 0.1) is 0 Å². The maximum absolute atomic E-state index is 11.5. The average Bonchev–Trinajstić information content (AvgIpc) is 3.20. The lowest BCUT2D eigenvalue weighted by Crippen LogP contribution is -1.98. The van der Waals surface area contributed by atoms with Crippen LogP contribution in [0.2, 0.25) is 0 Å². The monoisotopic (exact) mass is 307 g/mol. The molecule has 0 fully saturated rings. The van der Waals surface area contributed by atoms with Crippen LogP contribution in [0.5, 0.6) is 5.75 Å². The number of rotatable bonds is 3. The minimum atomic E-state index is -1.09. The van der Waals surface area contributed by atoms with E-state index in [1.807, 2.05) is 30.3 Å². The topological polar surface area (TPSA) is 102 Å². The molecule has 7 nitrogen and oxygen atoms in total. The molecule has 1 radical (unpaired) electrons. The minimum absolute atomic E-state index is 0.0195. The zero-order valence-corrected chi connectivity index (χ0v) is 12.1. The summed E-state index contributed by atoms with van der Waals surface area (Å²) in [5, 5.41) is 20.6. The summed E-state index contributed by atoms with van der Waals surface area (Å²) in [6, 6.07) is 9.21. The summed E-state index contributed by atoms with van der Waals surface area (Å²) in [6.07, 6.45) is 1.60. The van der Waals surface area contributed by atoms with Crippen LogP contribution in [-0.2, 0) is 0 Å². The quantitative estimate of drug-likeness (QED) is 0.776. The normalized spacial score (nSPS) is 12.2. The van der Waals surface area contributed by atoms with Crippen LogP contribution >= 0.6 is 0 Å². The van der Waals surface area contributed by atoms with Crippen molar-refractivity contribution < 1.29 is 14.6 Å². The number of ether oxygens (including phenoxy) is 1. The Morgan fingerprint density at radius 1 is 1.26 bits per heavy atom. The molecule has 1 aromatic heterocycles. The van der Waals surface area contributed by atoms with Gasteiger partial charge in [-0.3, -0.25) is 5.10 Å². The number of carboxylic acids is 1. The summed E-state index contributed by atoms with van der Waals surface area (Å²) in [5.41, 5.74) is 7.70. The number of aromatic amines is 1. The molecule has 0 unspecified atom stereocenters. The summed E-state index contributed by atoms with van der Waals surface area (Å²) in [4.78, 5) is 11.5. The fourth-order valence-electron chi connectivity index (χ4n) is 2.73. The Kier molecular flexibility index (Phi) is 2.80. The molecule has 0 amide bonds. The lowest BCUT2D eigenvalue weighted by Gasteiger charge is -2.08. The molecule has 0 aliphatic carbocycles. The second-order valence-electron chi connectivity index (χ2n) is 5.06. The number of methoxy groups -OCH3 is 1. The summed E-state index contributed by atoms with van der Waals surface area (Å²) in [7, 11) is 1.59. The summed E-state index contributed by atoms with van der Waals surface area (Å²) < 4.78 is 5.16. The molecule has 2 aromatic carbocycles. The van der Waals surface area contributed by atoms with Crippen molar-refractivity contribution in [3.8, 4) is 16.9 Å². The molecule has 0 saturated carbocycles. The number of hydrogen-bond acceptors (Lipinski definition) is 4. The van der Waals surface area contributed by atoms with Crippen molar-refractivity contribution >= 4 is 28.8 Å². The molecule has 113 valence electrons. The van der Waals surface area contributed by atoms with Gasteiger partial charge in [-0.2, -0.15) is 15.6 Å². The van der Waals surface area contributed by atoms with Crippen molar-refractivity contribution in [2.45, 2.75) is 0 Å². The number of benzene rings is 2. The van der Waals surface area contributed by atoms with E-state index in [0.717, 1.165) is 22.4 Å². The number of hydrogen-bond donors (Lipinski definition) is 2. The molecule has 0 saturated heterocycles. The first-order valence-corrected chi connectivity index (χ1v) is 6.86. The van der Waals surface area contributed by atoms with E-state index in [-0.39, 0.29) is 5.69 Å². The van der Waals surface area contributed by atoms with Gasteiger partial charge >= 0.3 is 5.97 Å². The molecule has 1 aliphatic rings. The third kappa shape index (κ3) is 1.94. The summed E-state index contributed by atoms with van der Waals surface area (Å²) in [5.74, 6) is -0.359. The van der Waals surface area contributed by atoms with Gasteiger partial charge in [-0.25, -0.2) is 4.79 Å². The van der Waals surface area contributed by atoms with E-state index in [2.05, 4.69) is 20.7 Å². The van der Waals surface area contributed by atoms with E-state index < -0.39 is 5.97 Å². The predicted molar refractivity (Wildman–Crippen MR) is 84.4 cm³/mol. The Morgan fingerprint density at radius 3 is 2.74 bits per heavy atom. The van der Waals surface area contributed by atoms with Crippen LogP contribution < -0.4 is 10.2 Å². The number of carbonyl (C=O) groups is 1. The highest BCUT2D eigenvalue weighted by Gasteiger charge is 2.23. The summed E-state index contributed by atoms with van der Waals surface area (Å²) in [6.45, 7) is 0. The van der Waals surface area contributed by atoms with Crippen molar-refractivity contribution in [1.82, 2.24) is 15.6 Å². The zero-order chi connectivity index (χ0) is 16.0. The molecule has 3 aromatic rings. The number of H-pyrrole nitrogens is 1. The van der Waals surface area contributed by atoms with Gasteiger partial charge in [-0.15, -0.1) is 0 Å². The maximum atomic E-state index is 11.5. The van der Waals surface area contributed by atoms with Crippen molar-refractivity contribution in [2.75, 3.05) is 7.11 Å². The number of carboxylic acid groups (broad SMARTS) is 1. The molecular formula is C16H11N4O3. The van der Waals surface area contributed by atoms with Gasteiger partial charge < -0.3 is 9.84 Å². The van der Waals surface area contributed by atoms with Crippen LogP contribution in [0.1, 0.15) is 16.1 Å². The highest BCUT2D eigenvalue weighted by atomic mass is 16.5. The molecule has 0 spiro atoms. The van der Waals surface area contributed by atoms with E-state index in [4.69, 9.17) is 4.74 Å². The first-order chi connectivity index (χ1) is 11.2. The second-order valence-corrected chi connectivity index (χ2v) is 5.06. The van der Waals surface area contributed by atoms with Crippen LogP contribution in [0.3, 0.4) is 0 Å². The molecule has 2 heterocycles. The zero-order valence-electron chi connectivity index (χ0n) is 12.1. The van der Waals surface area contributed by atoms with E-state index in [0.29, 0.717) is 16.6 Å². The minimum Gasteiger partial charge on any atom is -0.497 e. The number of fused-ring (bicyclic) bond motifs is 3. The lowest BCUT2D eigenvalue weighted by molar-refractivity contribution is 0.0692. The van der Waals surface area contributed by atoms with E-state index >= 15 is 0 Å². The van der Waals surface area contributed by atoms with Gasteiger partial charge in [0.1, 0.15) is 5.75 Å². The van der Waals surface area contributed by atoms with Crippen molar-refractivity contribution in [1.29, 1.82) is 0 Å². The van der Waals surface area contributed by atoms with Crippen LogP contribution in [0.25, 0.3) is 22.0 Å². The highest BCUT2D eigenvalue weighted by Crippen LogP contribution is 2.38.